The molecule has 28 heavy (non-hydrogen) atoms. The maximum absolute atomic E-state index is 12.8. The fraction of sp³-hybridized carbons (Fsp3) is 0.238. The number of nitrogens with one attached hydrogen (secondary N) is 2. The summed E-state index contributed by atoms with van der Waals surface area (Å²) in [7, 11) is 0. The number of fused-ring (bicyclic) bond motifs is 1. The Labute approximate surface area is 173 Å². The third-order valence-electron chi connectivity index (χ3n) is 5.01. The predicted molar refractivity (Wildman–Crippen MR) is 112 cm³/mol. The summed E-state index contributed by atoms with van der Waals surface area (Å²) in [4.78, 5) is 12.8. The van der Waals surface area contributed by atoms with E-state index in [1.165, 1.54) is 11.1 Å². The summed E-state index contributed by atoms with van der Waals surface area (Å²) < 4.78 is 1.78. The number of carbonyl (C=O) groups excluding carboxylic acids is 1. The molecular weight excluding hydrogens is 395 g/mol. The summed E-state index contributed by atoms with van der Waals surface area (Å²) in [5.41, 5.74) is 5.70. The van der Waals surface area contributed by atoms with Gasteiger partial charge in [0.05, 0.1) is 28.4 Å². The first-order valence-corrected chi connectivity index (χ1v) is 9.87. The first-order valence-electron chi connectivity index (χ1n) is 9.11. The van der Waals surface area contributed by atoms with Crippen molar-refractivity contribution in [1.29, 1.82) is 0 Å². The number of rotatable bonds is 4. The molecule has 0 aliphatic carbocycles. The van der Waals surface area contributed by atoms with Gasteiger partial charge in [0.1, 0.15) is 0 Å². The zero-order valence-corrected chi connectivity index (χ0v) is 16.9. The highest BCUT2D eigenvalue weighted by molar-refractivity contribution is 6.42. The molecule has 3 aromatic rings. The summed E-state index contributed by atoms with van der Waals surface area (Å²) in [6.07, 6.45) is 2.57. The van der Waals surface area contributed by atoms with E-state index in [2.05, 4.69) is 27.9 Å². The molecule has 7 heteroatoms. The van der Waals surface area contributed by atoms with Crippen LogP contribution in [0.2, 0.25) is 10.0 Å². The van der Waals surface area contributed by atoms with Crippen LogP contribution in [-0.4, -0.2) is 22.2 Å². The lowest BCUT2D eigenvalue weighted by atomic mass is 10.0. The van der Waals surface area contributed by atoms with Crippen molar-refractivity contribution in [2.45, 2.75) is 26.4 Å². The van der Waals surface area contributed by atoms with Gasteiger partial charge in [-0.25, -0.2) is 0 Å². The third kappa shape index (κ3) is 3.92. The van der Waals surface area contributed by atoms with Crippen molar-refractivity contribution >= 4 is 34.8 Å². The quantitative estimate of drug-likeness (QED) is 0.662. The average Bonchev–Trinajstić information content (AvgIpc) is 3.05. The second-order valence-corrected chi connectivity index (χ2v) is 7.73. The molecule has 2 aromatic carbocycles. The molecule has 0 bridgehead atoms. The summed E-state index contributed by atoms with van der Waals surface area (Å²) in [5.74, 6) is -0.160. The zero-order valence-electron chi connectivity index (χ0n) is 15.4. The summed E-state index contributed by atoms with van der Waals surface area (Å²) >= 11 is 12.1. The average molecular weight is 415 g/mol. The highest BCUT2D eigenvalue weighted by Crippen LogP contribution is 2.24. The van der Waals surface area contributed by atoms with E-state index in [-0.39, 0.29) is 5.91 Å². The van der Waals surface area contributed by atoms with E-state index in [0.29, 0.717) is 22.2 Å². The Morgan fingerprint density at radius 2 is 2.04 bits per heavy atom. The minimum Gasteiger partial charge on any atom is -0.322 e. The van der Waals surface area contributed by atoms with Crippen molar-refractivity contribution in [3.63, 3.8) is 0 Å². The lowest BCUT2D eigenvalue weighted by Gasteiger charge is -2.18. The van der Waals surface area contributed by atoms with Gasteiger partial charge in [-0.05, 0) is 60.8 Å². The molecule has 1 aromatic heterocycles. The normalized spacial score (nSPS) is 13.2. The minimum atomic E-state index is -0.160. The molecule has 4 rings (SSSR count). The van der Waals surface area contributed by atoms with Crippen LogP contribution in [0.5, 0.6) is 0 Å². The van der Waals surface area contributed by atoms with Gasteiger partial charge in [0.25, 0.3) is 5.91 Å². The highest BCUT2D eigenvalue weighted by Gasteiger charge is 2.16. The van der Waals surface area contributed by atoms with Crippen LogP contribution in [0, 0.1) is 6.92 Å². The molecule has 0 fully saturated rings. The van der Waals surface area contributed by atoms with Crippen molar-refractivity contribution in [2.24, 2.45) is 0 Å². The number of amides is 1. The van der Waals surface area contributed by atoms with Gasteiger partial charge in [0, 0.05) is 17.9 Å². The van der Waals surface area contributed by atoms with Crippen LogP contribution in [0.4, 0.5) is 5.69 Å². The van der Waals surface area contributed by atoms with Crippen LogP contribution in [0.15, 0.2) is 42.6 Å². The highest BCUT2D eigenvalue weighted by atomic mass is 35.5. The minimum absolute atomic E-state index is 0.160. The van der Waals surface area contributed by atoms with Gasteiger partial charge in [0.2, 0.25) is 0 Å². The number of hydrogen-bond donors (Lipinski definition) is 2. The van der Waals surface area contributed by atoms with E-state index in [1.54, 1.807) is 16.9 Å². The van der Waals surface area contributed by atoms with Crippen LogP contribution in [0.3, 0.4) is 0 Å². The van der Waals surface area contributed by atoms with Gasteiger partial charge in [-0.1, -0.05) is 35.3 Å². The van der Waals surface area contributed by atoms with E-state index in [1.807, 2.05) is 25.1 Å². The Hall–Kier alpha value is -2.34. The van der Waals surface area contributed by atoms with Gasteiger partial charge in [0.15, 0.2) is 0 Å². The Morgan fingerprint density at radius 1 is 1.18 bits per heavy atom. The van der Waals surface area contributed by atoms with Crippen molar-refractivity contribution in [2.75, 3.05) is 11.9 Å². The monoisotopic (exact) mass is 414 g/mol. The maximum atomic E-state index is 12.8. The second kappa shape index (κ2) is 7.95. The number of hydrogen-bond acceptors (Lipinski definition) is 3. The molecule has 144 valence electrons. The van der Waals surface area contributed by atoms with Gasteiger partial charge in [-0.2, -0.15) is 5.10 Å². The molecule has 0 atom stereocenters. The van der Waals surface area contributed by atoms with E-state index < -0.39 is 0 Å². The number of halogens is 2. The number of nitrogens with zero attached hydrogens (tertiary/aromatic N) is 2. The molecule has 2 heterocycles. The zero-order chi connectivity index (χ0) is 19.7. The first-order chi connectivity index (χ1) is 13.5. The maximum Gasteiger partial charge on any atom is 0.259 e. The fourth-order valence-electron chi connectivity index (χ4n) is 3.39. The first kappa shape index (κ1) is 19.0. The number of carbonyl (C=O) groups is 1. The molecule has 0 radical (unpaired) electrons. The van der Waals surface area contributed by atoms with Gasteiger partial charge >= 0.3 is 0 Å². The van der Waals surface area contributed by atoms with Gasteiger partial charge in [-0.3, -0.25) is 9.48 Å². The topological polar surface area (TPSA) is 59.0 Å². The van der Waals surface area contributed by atoms with Crippen LogP contribution >= 0.6 is 23.2 Å². The Bertz CT molecular complexity index is 1040. The molecule has 1 amide bonds. The molecule has 5 nitrogen and oxygen atoms in total. The third-order valence-corrected chi connectivity index (χ3v) is 5.75. The molecule has 0 spiro atoms. The van der Waals surface area contributed by atoms with Crippen LogP contribution in [0.1, 0.15) is 32.7 Å². The van der Waals surface area contributed by atoms with E-state index >= 15 is 0 Å². The van der Waals surface area contributed by atoms with Crippen molar-refractivity contribution in [1.82, 2.24) is 15.1 Å². The Kier molecular flexibility index (Phi) is 5.40. The Morgan fingerprint density at radius 3 is 2.86 bits per heavy atom. The molecule has 2 N–H and O–H groups in total. The summed E-state index contributed by atoms with van der Waals surface area (Å²) in [5, 5.41) is 11.7. The number of anilines is 1. The molecule has 0 saturated carbocycles. The molecule has 1 aliphatic rings. The SMILES string of the molecule is Cc1c(C(=O)Nc2ccc3c(c2)CCNC3)cnn1Cc1ccc(Cl)c(Cl)c1. The predicted octanol–water partition coefficient (Wildman–Crippen LogP) is 4.44. The van der Waals surface area contributed by atoms with Crippen molar-refractivity contribution in [3.8, 4) is 0 Å². The standard InChI is InChI=1S/C21H20Cl2N4O/c1-13-18(11-25-27(13)12-14-2-5-19(22)20(23)8-14)21(28)26-17-4-3-16-10-24-7-6-15(16)9-17/h2-5,8-9,11,24H,6-7,10,12H2,1H3,(H,26,28). The lowest BCUT2D eigenvalue weighted by molar-refractivity contribution is 0.102. The van der Waals surface area contributed by atoms with E-state index in [9.17, 15) is 4.79 Å². The van der Waals surface area contributed by atoms with Gasteiger partial charge in [-0.15, -0.1) is 0 Å². The van der Waals surface area contributed by atoms with Gasteiger partial charge < -0.3 is 10.6 Å². The number of benzene rings is 2. The Balaban J connectivity index is 1.50. The largest absolute Gasteiger partial charge is 0.322 e. The van der Waals surface area contributed by atoms with Crippen LogP contribution < -0.4 is 10.6 Å². The molecule has 0 unspecified atom stereocenters. The molecule has 1 aliphatic heterocycles. The molecular formula is C21H20Cl2N4O. The summed E-state index contributed by atoms with van der Waals surface area (Å²) in [6, 6.07) is 11.5. The smallest absolute Gasteiger partial charge is 0.259 e. The van der Waals surface area contributed by atoms with E-state index in [0.717, 1.165) is 36.5 Å². The fourth-order valence-corrected chi connectivity index (χ4v) is 3.71. The summed E-state index contributed by atoms with van der Waals surface area (Å²) in [6.45, 7) is 4.25. The van der Waals surface area contributed by atoms with Crippen molar-refractivity contribution < 1.29 is 4.79 Å². The molecule has 0 saturated heterocycles. The van der Waals surface area contributed by atoms with Crippen LogP contribution in [0.25, 0.3) is 0 Å². The second-order valence-electron chi connectivity index (χ2n) is 6.91. The van der Waals surface area contributed by atoms with Crippen molar-refractivity contribution in [3.05, 3.63) is 80.6 Å². The lowest BCUT2D eigenvalue weighted by Crippen LogP contribution is -2.23. The van der Waals surface area contributed by atoms with E-state index in [4.69, 9.17) is 23.2 Å². The number of aromatic nitrogens is 2. The van der Waals surface area contributed by atoms with Crippen LogP contribution in [-0.2, 0) is 19.5 Å².